The van der Waals surface area contributed by atoms with Crippen molar-refractivity contribution >= 4 is 5.91 Å². The molecule has 1 amide bonds. The van der Waals surface area contributed by atoms with Gasteiger partial charge in [-0.15, -0.1) is 8.78 Å². The summed E-state index contributed by atoms with van der Waals surface area (Å²) in [5, 5.41) is 13.9. The summed E-state index contributed by atoms with van der Waals surface area (Å²) in [5.74, 6) is 0.775. The number of rotatable bonds is 10. The molecule has 2 atom stereocenters. The number of alkyl halides is 2. The van der Waals surface area contributed by atoms with Crippen molar-refractivity contribution in [3.8, 4) is 23.0 Å². The fourth-order valence-electron chi connectivity index (χ4n) is 4.06. The average molecular weight is 478 g/mol. The number of nitrogens with one attached hydrogen (secondary N) is 1. The molecule has 0 spiro atoms. The van der Waals surface area contributed by atoms with E-state index in [9.17, 15) is 18.7 Å². The van der Waals surface area contributed by atoms with Crippen LogP contribution < -0.4 is 24.3 Å². The van der Waals surface area contributed by atoms with Crippen LogP contribution in [0.1, 0.15) is 30.9 Å². The number of halogens is 2. The number of hydrogen-bond donors (Lipinski definition) is 2. The van der Waals surface area contributed by atoms with Crippen molar-refractivity contribution in [2.75, 3.05) is 33.4 Å². The monoisotopic (exact) mass is 478 g/mol. The van der Waals surface area contributed by atoms with E-state index in [0.29, 0.717) is 23.6 Å². The highest BCUT2D eigenvalue weighted by Gasteiger charge is 2.43. The molecule has 1 saturated heterocycles. The van der Waals surface area contributed by atoms with Crippen LogP contribution in [0.25, 0.3) is 0 Å². The lowest BCUT2D eigenvalue weighted by Gasteiger charge is -2.29. The van der Waals surface area contributed by atoms with Gasteiger partial charge in [0.2, 0.25) is 5.91 Å². The highest BCUT2D eigenvalue weighted by Crippen LogP contribution is 2.42. The fourth-order valence-corrected chi connectivity index (χ4v) is 4.06. The molecule has 4 rings (SSSR count). The van der Waals surface area contributed by atoms with Crippen LogP contribution in [-0.2, 0) is 4.79 Å². The Bertz CT molecular complexity index is 982. The van der Waals surface area contributed by atoms with Crippen LogP contribution in [0, 0.1) is 0 Å². The fraction of sp³-hybridized carbons (Fsp3) is 0.458. The molecule has 0 aromatic heterocycles. The third kappa shape index (κ3) is 6.06. The van der Waals surface area contributed by atoms with Gasteiger partial charge in [-0.3, -0.25) is 4.79 Å². The Hall–Kier alpha value is -3.11. The molecular formula is C24H28F2N2O6. The van der Waals surface area contributed by atoms with Crippen molar-refractivity contribution in [2.45, 2.75) is 37.7 Å². The van der Waals surface area contributed by atoms with Gasteiger partial charge in [-0.25, -0.2) is 0 Å². The van der Waals surface area contributed by atoms with Crippen LogP contribution in [0.5, 0.6) is 23.0 Å². The summed E-state index contributed by atoms with van der Waals surface area (Å²) >= 11 is 0. The first-order chi connectivity index (χ1) is 16.3. The second-order valence-electron chi connectivity index (χ2n) is 8.27. The topological polar surface area (TPSA) is 89.5 Å². The summed E-state index contributed by atoms with van der Waals surface area (Å²) in [6.45, 7) is 2.32. The number of aliphatic hydroxyl groups is 1. The third-order valence-corrected chi connectivity index (χ3v) is 5.81. The molecule has 2 aromatic carbocycles. The zero-order valence-electron chi connectivity index (χ0n) is 18.8. The van der Waals surface area contributed by atoms with Crippen LogP contribution in [-0.4, -0.2) is 61.6 Å². The summed E-state index contributed by atoms with van der Waals surface area (Å²) < 4.78 is 46.4. The molecule has 1 fully saturated rings. The maximum absolute atomic E-state index is 13.4. The number of ether oxygens (including phenoxy) is 4. The Morgan fingerprint density at radius 2 is 1.79 bits per heavy atom. The van der Waals surface area contributed by atoms with Gasteiger partial charge in [0.15, 0.2) is 11.5 Å². The zero-order valence-corrected chi connectivity index (χ0v) is 18.8. The average Bonchev–Trinajstić information content (AvgIpc) is 3.43. The number of carbonyl (C=O) groups excluding carboxylic acids is 1. The predicted octanol–water partition coefficient (Wildman–Crippen LogP) is 3.10. The van der Waals surface area contributed by atoms with Gasteiger partial charge >= 0.3 is 6.29 Å². The number of methoxy groups -OCH3 is 1. The molecule has 10 heteroatoms. The number of hydrogen-bond acceptors (Lipinski definition) is 7. The Morgan fingerprint density at radius 3 is 2.50 bits per heavy atom. The first kappa shape index (κ1) is 24.0. The second kappa shape index (κ2) is 10.4. The minimum Gasteiger partial charge on any atom is -0.497 e. The minimum atomic E-state index is -3.74. The van der Waals surface area contributed by atoms with Gasteiger partial charge in [-0.05, 0) is 67.9 Å². The molecular weight excluding hydrogens is 450 g/mol. The molecule has 0 unspecified atom stereocenters. The highest BCUT2D eigenvalue weighted by atomic mass is 19.3. The van der Waals surface area contributed by atoms with Gasteiger partial charge in [-0.1, -0.05) is 6.07 Å². The van der Waals surface area contributed by atoms with E-state index in [2.05, 4.69) is 19.7 Å². The van der Waals surface area contributed by atoms with E-state index in [1.165, 1.54) is 18.2 Å². The van der Waals surface area contributed by atoms with Crippen molar-refractivity contribution in [3.63, 3.8) is 0 Å². The largest absolute Gasteiger partial charge is 0.586 e. The Morgan fingerprint density at radius 1 is 1.12 bits per heavy atom. The van der Waals surface area contributed by atoms with Gasteiger partial charge in [-0.2, -0.15) is 0 Å². The molecule has 2 N–H and O–H groups in total. The first-order valence-electron chi connectivity index (χ1n) is 11.2. The molecule has 0 radical (unpaired) electrons. The molecule has 2 aromatic rings. The Balaban J connectivity index is 1.37. The maximum atomic E-state index is 13.4. The van der Waals surface area contributed by atoms with Crippen LogP contribution in [0.15, 0.2) is 42.5 Å². The highest BCUT2D eigenvalue weighted by molar-refractivity contribution is 5.76. The van der Waals surface area contributed by atoms with E-state index in [0.717, 1.165) is 25.9 Å². The molecule has 8 nitrogen and oxygen atoms in total. The van der Waals surface area contributed by atoms with Crippen molar-refractivity contribution in [3.05, 3.63) is 48.0 Å². The molecule has 2 aliphatic rings. The number of benzene rings is 2. The second-order valence-corrected chi connectivity index (χ2v) is 8.27. The molecule has 0 aliphatic carbocycles. The van der Waals surface area contributed by atoms with Gasteiger partial charge in [0.25, 0.3) is 0 Å². The number of fused-ring (bicyclic) bond motifs is 1. The van der Waals surface area contributed by atoms with Gasteiger partial charge in [0, 0.05) is 6.54 Å². The summed E-state index contributed by atoms with van der Waals surface area (Å²) in [6, 6.07) is 10.5. The van der Waals surface area contributed by atoms with Gasteiger partial charge < -0.3 is 34.3 Å². The van der Waals surface area contributed by atoms with Crippen LogP contribution in [0.4, 0.5) is 8.78 Å². The Labute approximate surface area is 196 Å². The number of nitrogens with zero attached hydrogens (tertiary/aromatic N) is 1. The zero-order chi connectivity index (χ0) is 24.1. The molecule has 2 aliphatic heterocycles. The third-order valence-electron chi connectivity index (χ3n) is 5.81. The normalized spacial score (nSPS) is 18.4. The van der Waals surface area contributed by atoms with E-state index in [1.807, 2.05) is 0 Å². The molecule has 2 heterocycles. The van der Waals surface area contributed by atoms with Gasteiger partial charge in [0.1, 0.15) is 17.6 Å². The molecule has 0 saturated carbocycles. The minimum absolute atomic E-state index is 0.0859. The molecule has 34 heavy (non-hydrogen) atoms. The van der Waals surface area contributed by atoms with Crippen LogP contribution in [0.3, 0.4) is 0 Å². The van der Waals surface area contributed by atoms with E-state index in [4.69, 9.17) is 9.47 Å². The van der Waals surface area contributed by atoms with Crippen molar-refractivity contribution < 1.29 is 37.6 Å². The summed E-state index contributed by atoms with van der Waals surface area (Å²) in [4.78, 5) is 14.8. The van der Waals surface area contributed by atoms with E-state index >= 15 is 0 Å². The van der Waals surface area contributed by atoms with Crippen molar-refractivity contribution in [1.29, 1.82) is 0 Å². The number of aliphatic hydroxyl groups excluding tert-OH is 1. The van der Waals surface area contributed by atoms with Crippen LogP contribution >= 0.6 is 0 Å². The van der Waals surface area contributed by atoms with Gasteiger partial charge in [0.05, 0.1) is 26.2 Å². The lowest BCUT2D eigenvalue weighted by atomic mass is 10.0. The summed E-state index contributed by atoms with van der Waals surface area (Å²) in [7, 11) is 1.58. The maximum Gasteiger partial charge on any atom is 0.586 e. The molecule has 0 bridgehead atoms. The van der Waals surface area contributed by atoms with E-state index < -0.39 is 18.4 Å². The number of amides is 1. The first-order valence-corrected chi connectivity index (χ1v) is 11.2. The Kier molecular flexibility index (Phi) is 7.38. The smallest absolute Gasteiger partial charge is 0.497 e. The van der Waals surface area contributed by atoms with E-state index in [1.54, 1.807) is 31.4 Å². The summed E-state index contributed by atoms with van der Waals surface area (Å²) in [5.41, 5.74) is 0.346. The SMILES string of the molecule is COc1ccc(OCCC(=O)N[C@H](CN2CCCC2)[C@H](O)c2ccc3c(c2)OC(F)(F)O3)cc1. The standard InChI is InChI=1S/C24H28F2N2O6/c1-31-17-5-7-18(8-6-17)32-13-10-22(29)27-19(15-28-11-2-3-12-28)23(30)16-4-9-20-21(14-16)34-24(25,26)33-20/h4-9,14,19,23,30H,2-3,10-13,15H2,1H3,(H,27,29)/t19-,23-/m1/s1. The van der Waals surface area contributed by atoms with E-state index in [-0.39, 0.29) is 30.4 Å². The van der Waals surface area contributed by atoms with Crippen molar-refractivity contribution in [1.82, 2.24) is 10.2 Å². The number of likely N-dealkylation sites (tertiary alicyclic amines) is 1. The van der Waals surface area contributed by atoms with Crippen LogP contribution in [0.2, 0.25) is 0 Å². The quantitative estimate of drug-likeness (QED) is 0.543. The summed E-state index contributed by atoms with van der Waals surface area (Å²) in [6.07, 6.45) is -2.69. The lowest BCUT2D eigenvalue weighted by Crippen LogP contribution is -2.47. The predicted molar refractivity (Wildman–Crippen MR) is 118 cm³/mol. The molecule has 184 valence electrons. The number of carbonyl (C=O) groups is 1. The lowest BCUT2D eigenvalue weighted by molar-refractivity contribution is -0.286. The van der Waals surface area contributed by atoms with Crippen molar-refractivity contribution in [2.24, 2.45) is 0 Å².